The molecule has 0 radical (unpaired) electrons. The molecule has 0 bridgehead atoms. The van der Waals surface area contributed by atoms with Crippen LogP contribution in [0.5, 0.6) is 11.5 Å². The maximum Gasteiger partial charge on any atom is 0.339 e. The molecule has 26 heavy (non-hydrogen) atoms. The first-order valence-corrected chi connectivity index (χ1v) is 8.19. The molecule has 0 spiro atoms. The highest BCUT2D eigenvalue weighted by atomic mass is 16.5. The van der Waals surface area contributed by atoms with Crippen molar-refractivity contribution in [2.45, 2.75) is 6.42 Å². The summed E-state index contributed by atoms with van der Waals surface area (Å²) in [5, 5.41) is 13.4. The number of carboxylic acid groups (broad SMARTS) is 1. The number of carboxylic acids is 1. The Morgan fingerprint density at radius 1 is 1.04 bits per heavy atom. The second kappa shape index (κ2) is 7.74. The molecule has 0 saturated heterocycles. The van der Waals surface area contributed by atoms with Gasteiger partial charge in [-0.05, 0) is 42.3 Å². The van der Waals surface area contributed by atoms with Crippen LogP contribution in [0, 0.1) is 0 Å². The van der Waals surface area contributed by atoms with Crippen molar-refractivity contribution in [3.05, 3.63) is 59.7 Å². The van der Waals surface area contributed by atoms with Crippen LogP contribution in [0.1, 0.15) is 15.9 Å². The number of nitrogens with zero attached hydrogens (tertiary/aromatic N) is 1. The van der Waals surface area contributed by atoms with Gasteiger partial charge in [-0.1, -0.05) is 12.1 Å². The number of anilines is 1. The fourth-order valence-corrected chi connectivity index (χ4v) is 2.69. The van der Waals surface area contributed by atoms with Gasteiger partial charge in [-0.3, -0.25) is 0 Å². The number of hydrogen-bond acceptors (Lipinski definition) is 5. The van der Waals surface area contributed by atoms with Gasteiger partial charge in [0.1, 0.15) is 22.9 Å². The fourth-order valence-electron chi connectivity index (χ4n) is 2.69. The number of benzene rings is 2. The highest BCUT2D eigenvalue weighted by molar-refractivity contribution is 5.98. The molecule has 0 aliphatic rings. The zero-order valence-corrected chi connectivity index (χ0v) is 14.7. The van der Waals surface area contributed by atoms with Crippen molar-refractivity contribution < 1.29 is 19.4 Å². The number of aromatic carboxylic acids is 1. The lowest BCUT2D eigenvalue weighted by Gasteiger charge is -2.11. The lowest BCUT2D eigenvalue weighted by molar-refractivity contribution is 0.0697. The summed E-state index contributed by atoms with van der Waals surface area (Å²) in [4.78, 5) is 16.0. The summed E-state index contributed by atoms with van der Waals surface area (Å²) in [5.41, 5.74) is 1.95. The topological polar surface area (TPSA) is 80.7 Å². The summed E-state index contributed by atoms with van der Waals surface area (Å²) in [5.74, 6) is 0.825. The van der Waals surface area contributed by atoms with Gasteiger partial charge >= 0.3 is 5.97 Å². The van der Waals surface area contributed by atoms with Crippen LogP contribution in [-0.2, 0) is 6.42 Å². The predicted octanol–water partition coefficient (Wildman–Crippen LogP) is 3.60. The van der Waals surface area contributed by atoms with Gasteiger partial charge < -0.3 is 19.9 Å². The molecule has 0 aliphatic carbocycles. The van der Waals surface area contributed by atoms with Crippen molar-refractivity contribution in [2.75, 3.05) is 26.1 Å². The molecular formula is C20H20N2O4. The minimum atomic E-state index is -1.01. The summed E-state index contributed by atoms with van der Waals surface area (Å²) in [6.07, 6.45) is 0.737. The molecule has 0 amide bonds. The van der Waals surface area contributed by atoms with E-state index in [4.69, 9.17) is 9.47 Å². The van der Waals surface area contributed by atoms with Gasteiger partial charge in [0, 0.05) is 18.0 Å². The maximum atomic E-state index is 11.6. The highest BCUT2D eigenvalue weighted by Crippen LogP contribution is 2.24. The number of methoxy groups -OCH3 is 2. The van der Waals surface area contributed by atoms with Crippen LogP contribution in [0.2, 0.25) is 0 Å². The van der Waals surface area contributed by atoms with Crippen LogP contribution in [0.3, 0.4) is 0 Å². The molecule has 2 N–H and O–H groups in total. The Hall–Kier alpha value is -3.28. The Morgan fingerprint density at radius 2 is 1.73 bits per heavy atom. The fraction of sp³-hybridized carbons (Fsp3) is 0.200. The zero-order chi connectivity index (χ0) is 18.5. The molecule has 0 saturated carbocycles. The Labute approximate surface area is 151 Å². The molecule has 0 fully saturated rings. The first kappa shape index (κ1) is 17.5. The van der Waals surface area contributed by atoms with Gasteiger partial charge in [-0.25, -0.2) is 9.78 Å². The minimum Gasteiger partial charge on any atom is -0.497 e. The van der Waals surface area contributed by atoms with Crippen LogP contribution < -0.4 is 14.8 Å². The first-order valence-electron chi connectivity index (χ1n) is 8.19. The van der Waals surface area contributed by atoms with Crippen LogP contribution in [-0.4, -0.2) is 36.8 Å². The SMILES string of the molecule is COc1ccc(CCNc2nc3cc(OC)ccc3cc2C(=O)O)cc1. The molecule has 134 valence electrons. The van der Waals surface area contributed by atoms with E-state index in [0.29, 0.717) is 23.6 Å². The minimum absolute atomic E-state index is 0.150. The van der Waals surface area contributed by atoms with Crippen LogP contribution in [0.4, 0.5) is 5.82 Å². The zero-order valence-electron chi connectivity index (χ0n) is 14.7. The number of pyridine rings is 1. The van der Waals surface area contributed by atoms with E-state index < -0.39 is 5.97 Å². The first-order chi connectivity index (χ1) is 12.6. The number of carbonyl (C=O) groups is 1. The van der Waals surface area contributed by atoms with E-state index >= 15 is 0 Å². The molecule has 0 atom stereocenters. The monoisotopic (exact) mass is 352 g/mol. The standard InChI is InChI=1S/C20H20N2O4/c1-25-15-6-3-13(4-7-15)9-10-21-19-17(20(23)24)11-14-5-8-16(26-2)12-18(14)22-19/h3-8,11-12H,9-10H2,1-2H3,(H,21,22)(H,23,24). The molecule has 2 aromatic carbocycles. The lowest BCUT2D eigenvalue weighted by Crippen LogP contribution is -2.11. The Balaban J connectivity index is 1.80. The van der Waals surface area contributed by atoms with Gasteiger partial charge in [-0.15, -0.1) is 0 Å². The number of rotatable bonds is 7. The van der Waals surface area contributed by atoms with E-state index in [9.17, 15) is 9.90 Å². The van der Waals surface area contributed by atoms with E-state index in [1.54, 1.807) is 38.5 Å². The molecule has 0 unspecified atom stereocenters. The van der Waals surface area contributed by atoms with Gasteiger partial charge in [0.2, 0.25) is 0 Å². The van der Waals surface area contributed by atoms with Gasteiger partial charge in [0.05, 0.1) is 19.7 Å². The predicted molar refractivity (Wildman–Crippen MR) is 100 cm³/mol. The third kappa shape index (κ3) is 3.85. The second-order valence-electron chi connectivity index (χ2n) is 5.77. The summed E-state index contributed by atoms with van der Waals surface area (Å²) in [6, 6.07) is 14.8. The van der Waals surface area contributed by atoms with E-state index in [1.807, 2.05) is 24.3 Å². The van der Waals surface area contributed by atoms with Gasteiger partial charge in [0.25, 0.3) is 0 Å². The number of nitrogens with one attached hydrogen (secondary N) is 1. The molecule has 1 aromatic heterocycles. The Morgan fingerprint density at radius 3 is 2.38 bits per heavy atom. The van der Waals surface area contributed by atoms with Gasteiger partial charge in [0.15, 0.2) is 0 Å². The van der Waals surface area contributed by atoms with Crippen LogP contribution in [0.15, 0.2) is 48.5 Å². The summed E-state index contributed by atoms with van der Waals surface area (Å²) in [7, 11) is 3.21. The number of hydrogen-bond donors (Lipinski definition) is 2. The molecular weight excluding hydrogens is 332 g/mol. The van der Waals surface area contributed by atoms with E-state index in [0.717, 1.165) is 23.1 Å². The second-order valence-corrected chi connectivity index (χ2v) is 5.77. The smallest absolute Gasteiger partial charge is 0.339 e. The van der Waals surface area contributed by atoms with Crippen molar-refractivity contribution in [2.24, 2.45) is 0 Å². The third-order valence-electron chi connectivity index (χ3n) is 4.12. The molecule has 3 aromatic rings. The normalized spacial score (nSPS) is 10.5. The number of ether oxygens (including phenoxy) is 2. The van der Waals surface area contributed by atoms with Gasteiger partial charge in [-0.2, -0.15) is 0 Å². The summed E-state index contributed by atoms with van der Waals surface area (Å²) >= 11 is 0. The quantitative estimate of drug-likeness (QED) is 0.676. The van der Waals surface area contributed by atoms with E-state index in [-0.39, 0.29) is 5.56 Å². The Kier molecular flexibility index (Phi) is 5.22. The van der Waals surface area contributed by atoms with Crippen molar-refractivity contribution in [3.8, 4) is 11.5 Å². The van der Waals surface area contributed by atoms with E-state index in [1.165, 1.54) is 0 Å². The average molecular weight is 352 g/mol. The largest absolute Gasteiger partial charge is 0.497 e. The highest BCUT2D eigenvalue weighted by Gasteiger charge is 2.13. The van der Waals surface area contributed by atoms with Crippen molar-refractivity contribution in [3.63, 3.8) is 0 Å². The summed E-state index contributed by atoms with van der Waals surface area (Å²) < 4.78 is 10.4. The lowest BCUT2D eigenvalue weighted by atomic mass is 10.1. The molecule has 3 rings (SSSR count). The number of fused-ring (bicyclic) bond motifs is 1. The Bertz CT molecular complexity index is 923. The summed E-state index contributed by atoms with van der Waals surface area (Å²) in [6.45, 7) is 0.565. The van der Waals surface area contributed by atoms with Crippen LogP contribution in [0.25, 0.3) is 10.9 Å². The molecule has 1 heterocycles. The molecule has 0 aliphatic heterocycles. The molecule has 6 heteroatoms. The third-order valence-corrected chi connectivity index (χ3v) is 4.12. The number of aromatic nitrogens is 1. The van der Waals surface area contributed by atoms with E-state index in [2.05, 4.69) is 10.3 Å². The van der Waals surface area contributed by atoms with Crippen molar-refractivity contribution in [1.82, 2.24) is 4.98 Å². The van der Waals surface area contributed by atoms with Crippen LogP contribution >= 0.6 is 0 Å². The van der Waals surface area contributed by atoms with Crippen molar-refractivity contribution in [1.29, 1.82) is 0 Å². The molecule has 6 nitrogen and oxygen atoms in total. The van der Waals surface area contributed by atoms with Crippen molar-refractivity contribution >= 4 is 22.7 Å². The average Bonchev–Trinajstić information content (AvgIpc) is 2.67. The maximum absolute atomic E-state index is 11.6.